The van der Waals surface area contributed by atoms with Crippen LogP contribution in [0.3, 0.4) is 0 Å². The molecule has 2 aliphatic rings. The highest BCUT2D eigenvalue weighted by molar-refractivity contribution is 5.74. The maximum absolute atomic E-state index is 14.1. The Morgan fingerprint density at radius 2 is 1.90 bits per heavy atom. The van der Waals surface area contributed by atoms with Gasteiger partial charge in [0.2, 0.25) is 5.95 Å². The van der Waals surface area contributed by atoms with E-state index in [9.17, 15) is 18.0 Å². The molecule has 41 heavy (non-hydrogen) atoms. The molecule has 220 valence electrons. The van der Waals surface area contributed by atoms with Crippen LogP contribution in [0.25, 0.3) is 11.3 Å². The maximum Gasteiger partial charge on any atom is 0.416 e. The third-order valence-electron chi connectivity index (χ3n) is 8.10. The number of nitrogens with one attached hydrogen (secondary N) is 2. The van der Waals surface area contributed by atoms with Gasteiger partial charge in [-0.3, -0.25) is 4.68 Å². The number of aromatic nitrogens is 4. The van der Waals surface area contributed by atoms with Crippen LogP contribution in [0.5, 0.6) is 0 Å². The Labute approximate surface area is 238 Å². The van der Waals surface area contributed by atoms with Crippen molar-refractivity contribution in [1.82, 2.24) is 34.9 Å². The fourth-order valence-corrected chi connectivity index (χ4v) is 5.53. The van der Waals surface area contributed by atoms with Crippen LogP contribution in [-0.2, 0) is 12.7 Å². The quantitative estimate of drug-likeness (QED) is 0.404. The van der Waals surface area contributed by atoms with Gasteiger partial charge in [0.05, 0.1) is 29.2 Å². The van der Waals surface area contributed by atoms with Crippen LogP contribution in [0, 0.1) is 11.3 Å². The van der Waals surface area contributed by atoms with Crippen LogP contribution in [0.2, 0.25) is 0 Å². The average molecular weight is 571 g/mol. The van der Waals surface area contributed by atoms with Gasteiger partial charge in [0, 0.05) is 44.1 Å². The highest BCUT2D eigenvalue weighted by Crippen LogP contribution is 2.36. The molecule has 12 heteroatoms. The molecule has 1 aromatic carbocycles. The van der Waals surface area contributed by atoms with Gasteiger partial charge in [0.1, 0.15) is 0 Å². The number of hydrogen-bond donors (Lipinski definition) is 2. The van der Waals surface area contributed by atoms with Crippen molar-refractivity contribution in [3.05, 3.63) is 54.0 Å². The molecule has 0 aliphatic carbocycles. The fourth-order valence-electron chi connectivity index (χ4n) is 5.53. The summed E-state index contributed by atoms with van der Waals surface area (Å²) in [5.74, 6) is 0.616. The summed E-state index contributed by atoms with van der Waals surface area (Å²) < 4.78 is 44.2. The smallest absolute Gasteiger partial charge is 0.334 e. The van der Waals surface area contributed by atoms with Crippen LogP contribution in [0.4, 0.5) is 29.6 Å². The number of carbonyl (C=O) groups excluding carboxylic acids is 1. The molecule has 0 spiro atoms. The maximum atomic E-state index is 14.1. The van der Waals surface area contributed by atoms with E-state index in [1.165, 1.54) is 12.3 Å². The largest absolute Gasteiger partial charge is 0.416 e. The summed E-state index contributed by atoms with van der Waals surface area (Å²) in [4.78, 5) is 25.3. The first-order chi connectivity index (χ1) is 19.4. The Hall–Kier alpha value is -3.67. The van der Waals surface area contributed by atoms with Crippen LogP contribution in [0.1, 0.15) is 50.8 Å². The monoisotopic (exact) mass is 570 g/mol. The molecule has 5 rings (SSSR count). The van der Waals surface area contributed by atoms with E-state index >= 15 is 0 Å². The number of rotatable bonds is 6. The Bertz CT molecular complexity index is 1380. The molecule has 2 fully saturated rings. The number of carbonyl (C=O) groups is 1. The van der Waals surface area contributed by atoms with Gasteiger partial charge < -0.3 is 20.4 Å². The molecule has 4 heterocycles. The zero-order valence-electron chi connectivity index (χ0n) is 23.9. The van der Waals surface area contributed by atoms with Crippen molar-refractivity contribution in [2.75, 3.05) is 38.5 Å². The summed E-state index contributed by atoms with van der Waals surface area (Å²) in [6.45, 7) is 9.32. The summed E-state index contributed by atoms with van der Waals surface area (Å²) in [6.07, 6.45) is 2.37. The zero-order chi connectivity index (χ0) is 29.4. The predicted molar refractivity (Wildman–Crippen MR) is 151 cm³/mol. The molecule has 3 aromatic rings. The SMILES string of the molecule is CN1CCC(n2cc(Nc3nccc(-c4ccc(CNC(=O)N5CCC(C(C)(C)C)C5)c(C(F)(F)F)c4)n3)cn2)C1. The number of halogens is 3. The van der Waals surface area contributed by atoms with Crippen molar-refractivity contribution < 1.29 is 18.0 Å². The molecule has 0 saturated carbocycles. The molecular formula is C29H37F3N8O. The predicted octanol–water partition coefficient (Wildman–Crippen LogP) is 5.56. The minimum atomic E-state index is -4.60. The number of benzene rings is 1. The first-order valence-corrected chi connectivity index (χ1v) is 13.9. The molecule has 2 aromatic heterocycles. The number of anilines is 2. The Balaban J connectivity index is 1.28. The number of alkyl halides is 3. The van der Waals surface area contributed by atoms with Gasteiger partial charge in [-0.1, -0.05) is 32.9 Å². The van der Waals surface area contributed by atoms with E-state index in [0.717, 1.165) is 32.0 Å². The van der Waals surface area contributed by atoms with Crippen molar-refractivity contribution in [2.45, 2.75) is 52.4 Å². The number of amides is 2. The van der Waals surface area contributed by atoms with Gasteiger partial charge in [-0.2, -0.15) is 18.3 Å². The van der Waals surface area contributed by atoms with Gasteiger partial charge in [0.15, 0.2) is 0 Å². The molecule has 2 amide bonds. The summed E-state index contributed by atoms with van der Waals surface area (Å²) in [7, 11) is 2.07. The second kappa shape index (κ2) is 11.3. The molecular weight excluding hydrogens is 533 g/mol. The van der Waals surface area contributed by atoms with Crippen molar-refractivity contribution in [1.29, 1.82) is 0 Å². The molecule has 0 radical (unpaired) electrons. The van der Waals surface area contributed by atoms with Crippen molar-refractivity contribution in [3.63, 3.8) is 0 Å². The summed E-state index contributed by atoms with van der Waals surface area (Å²) in [5.41, 5.74) is 0.609. The normalized spacial score (nSPS) is 20.0. The lowest BCUT2D eigenvalue weighted by molar-refractivity contribution is -0.138. The lowest BCUT2D eigenvalue weighted by Gasteiger charge is -2.27. The van der Waals surface area contributed by atoms with Crippen LogP contribution >= 0.6 is 0 Å². The van der Waals surface area contributed by atoms with E-state index in [1.54, 1.807) is 23.2 Å². The second-order valence-electron chi connectivity index (χ2n) is 12.1. The number of likely N-dealkylation sites (tertiary alicyclic amines) is 2. The minimum absolute atomic E-state index is 0.00135. The lowest BCUT2D eigenvalue weighted by atomic mass is 9.80. The molecule has 2 atom stereocenters. The van der Waals surface area contributed by atoms with Crippen LogP contribution < -0.4 is 10.6 Å². The van der Waals surface area contributed by atoms with Crippen molar-refractivity contribution >= 4 is 17.7 Å². The van der Waals surface area contributed by atoms with Gasteiger partial charge in [0.25, 0.3) is 0 Å². The van der Waals surface area contributed by atoms with E-state index in [-0.39, 0.29) is 29.5 Å². The second-order valence-corrected chi connectivity index (χ2v) is 12.1. The standard InChI is InChI=1S/C29H37F3N8O/c1-28(2,3)21-8-12-39(16-21)27(41)34-14-20-6-5-19(13-24(20)29(30,31)32)25-7-10-33-26(37-25)36-22-15-35-40(17-22)23-9-11-38(4)18-23/h5-7,10,13,15,17,21,23H,8-9,11-12,14,16,18H2,1-4H3,(H,34,41)(H,33,36,37). The number of likely N-dealkylation sites (N-methyl/N-ethyl adjacent to an activating group) is 1. The van der Waals surface area contributed by atoms with Crippen LogP contribution in [0.15, 0.2) is 42.9 Å². The van der Waals surface area contributed by atoms with E-state index in [1.807, 2.05) is 10.9 Å². The van der Waals surface area contributed by atoms with E-state index in [0.29, 0.717) is 42.0 Å². The molecule has 2 unspecified atom stereocenters. The Kier molecular flexibility index (Phi) is 7.95. The highest BCUT2D eigenvalue weighted by Gasteiger charge is 2.36. The topological polar surface area (TPSA) is 91.2 Å². The Morgan fingerprint density at radius 1 is 1.10 bits per heavy atom. The van der Waals surface area contributed by atoms with E-state index < -0.39 is 11.7 Å². The van der Waals surface area contributed by atoms with E-state index in [2.05, 4.69) is 58.4 Å². The highest BCUT2D eigenvalue weighted by atomic mass is 19.4. The van der Waals surface area contributed by atoms with Crippen molar-refractivity contribution in [2.24, 2.45) is 11.3 Å². The van der Waals surface area contributed by atoms with Crippen molar-refractivity contribution in [3.8, 4) is 11.3 Å². The molecule has 2 N–H and O–H groups in total. The zero-order valence-corrected chi connectivity index (χ0v) is 23.9. The third kappa shape index (κ3) is 6.80. The number of urea groups is 1. The number of nitrogens with zero attached hydrogens (tertiary/aromatic N) is 6. The van der Waals surface area contributed by atoms with E-state index in [4.69, 9.17) is 0 Å². The molecule has 2 aliphatic heterocycles. The average Bonchev–Trinajstić information content (AvgIpc) is 3.68. The fraction of sp³-hybridized carbons (Fsp3) is 0.517. The van der Waals surface area contributed by atoms with Crippen LogP contribution in [-0.4, -0.2) is 68.8 Å². The molecule has 2 saturated heterocycles. The first kappa shape index (κ1) is 28.8. The van der Waals surface area contributed by atoms with Gasteiger partial charge in [-0.15, -0.1) is 0 Å². The first-order valence-electron chi connectivity index (χ1n) is 13.9. The van der Waals surface area contributed by atoms with Gasteiger partial charge >= 0.3 is 12.2 Å². The number of hydrogen-bond acceptors (Lipinski definition) is 6. The van der Waals surface area contributed by atoms with Gasteiger partial charge in [-0.05, 0) is 55.5 Å². The summed E-state index contributed by atoms with van der Waals surface area (Å²) in [6, 6.07) is 5.58. The molecule has 9 nitrogen and oxygen atoms in total. The summed E-state index contributed by atoms with van der Waals surface area (Å²) >= 11 is 0. The minimum Gasteiger partial charge on any atom is -0.334 e. The summed E-state index contributed by atoms with van der Waals surface area (Å²) in [5, 5.41) is 10.2. The lowest BCUT2D eigenvalue weighted by Crippen LogP contribution is -2.39. The Morgan fingerprint density at radius 3 is 2.59 bits per heavy atom. The molecule has 0 bridgehead atoms. The van der Waals surface area contributed by atoms with Gasteiger partial charge in [-0.25, -0.2) is 14.8 Å². The third-order valence-corrected chi connectivity index (χ3v) is 8.10.